The number of aliphatic carboxylic acids is 1. The number of piperidine rings is 1. The molecule has 1 saturated heterocycles. The third kappa shape index (κ3) is 4.10. The van der Waals surface area contributed by atoms with Gasteiger partial charge in [0.25, 0.3) is 0 Å². The Bertz CT molecular complexity index is 764. The highest BCUT2D eigenvalue weighted by Gasteiger charge is 2.36. The average molecular weight is 418 g/mol. The number of para-hydroxylation sites is 1. The summed E-state index contributed by atoms with van der Waals surface area (Å²) in [5.74, 6) is 0.0632. The molecule has 26 heavy (non-hydrogen) atoms. The first-order valence-electron chi connectivity index (χ1n) is 9.07. The van der Waals surface area contributed by atoms with E-state index in [9.17, 15) is 9.90 Å². The van der Waals surface area contributed by atoms with E-state index < -0.39 is 12.0 Å². The SMILES string of the molecule is CCOc1ccccc1[C@H](c1cccc(Br)c1)N1CCCC[C@H]1C(=O)O. The Hall–Kier alpha value is -1.85. The van der Waals surface area contributed by atoms with Crippen LogP contribution in [0.5, 0.6) is 5.75 Å². The highest BCUT2D eigenvalue weighted by Crippen LogP contribution is 2.39. The molecule has 1 fully saturated rings. The summed E-state index contributed by atoms with van der Waals surface area (Å²) in [5, 5.41) is 9.80. The summed E-state index contributed by atoms with van der Waals surface area (Å²) in [6.45, 7) is 3.30. The third-order valence-corrected chi connectivity index (χ3v) is 5.33. The number of ether oxygens (including phenoxy) is 1. The molecule has 0 aromatic heterocycles. The monoisotopic (exact) mass is 417 g/mol. The van der Waals surface area contributed by atoms with Crippen LogP contribution in [0.3, 0.4) is 0 Å². The maximum absolute atomic E-state index is 11.9. The van der Waals surface area contributed by atoms with E-state index in [1.54, 1.807) is 0 Å². The summed E-state index contributed by atoms with van der Waals surface area (Å²) in [6.07, 6.45) is 2.63. The van der Waals surface area contributed by atoms with Crippen LogP contribution in [-0.2, 0) is 4.79 Å². The van der Waals surface area contributed by atoms with E-state index in [0.717, 1.165) is 40.7 Å². The van der Waals surface area contributed by atoms with Crippen molar-refractivity contribution < 1.29 is 14.6 Å². The van der Waals surface area contributed by atoms with Crippen molar-refractivity contribution in [1.29, 1.82) is 0 Å². The van der Waals surface area contributed by atoms with E-state index in [2.05, 4.69) is 33.0 Å². The van der Waals surface area contributed by atoms with Gasteiger partial charge >= 0.3 is 5.97 Å². The van der Waals surface area contributed by atoms with Crippen LogP contribution in [0.4, 0.5) is 0 Å². The quantitative estimate of drug-likeness (QED) is 0.727. The van der Waals surface area contributed by atoms with Gasteiger partial charge in [-0.25, -0.2) is 0 Å². The molecule has 2 aromatic carbocycles. The zero-order chi connectivity index (χ0) is 18.5. The van der Waals surface area contributed by atoms with E-state index in [0.29, 0.717) is 13.0 Å². The Morgan fingerprint density at radius 2 is 2.08 bits per heavy atom. The predicted molar refractivity (Wildman–Crippen MR) is 106 cm³/mol. The Morgan fingerprint density at radius 1 is 1.27 bits per heavy atom. The smallest absolute Gasteiger partial charge is 0.320 e. The Labute approximate surface area is 162 Å². The zero-order valence-corrected chi connectivity index (χ0v) is 16.5. The van der Waals surface area contributed by atoms with Gasteiger partial charge in [-0.1, -0.05) is 52.7 Å². The number of hydrogen-bond acceptors (Lipinski definition) is 3. The van der Waals surface area contributed by atoms with Gasteiger partial charge in [0.05, 0.1) is 12.6 Å². The molecule has 1 aliphatic heterocycles. The number of rotatable bonds is 6. The molecule has 3 rings (SSSR count). The summed E-state index contributed by atoms with van der Waals surface area (Å²) >= 11 is 3.55. The molecule has 2 atom stereocenters. The summed E-state index contributed by atoms with van der Waals surface area (Å²) in [4.78, 5) is 14.0. The second kappa shape index (κ2) is 8.69. The Morgan fingerprint density at radius 3 is 2.81 bits per heavy atom. The van der Waals surface area contributed by atoms with Crippen LogP contribution in [0.2, 0.25) is 0 Å². The number of carboxylic acids is 1. The van der Waals surface area contributed by atoms with Crippen molar-refractivity contribution in [2.24, 2.45) is 0 Å². The fourth-order valence-corrected chi connectivity index (χ4v) is 4.16. The van der Waals surface area contributed by atoms with E-state index >= 15 is 0 Å². The summed E-state index contributed by atoms with van der Waals surface area (Å²) in [6, 6.07) is 15.4. The van der Waals surface area contributed by atoms with Gasteiger partial charge in [0, 0.05) is 10.0 Å². The molecule has 0 unspecified atom stereocenters. The van der Waals surface area contributed by atoms with Crippen LogP contribution in [0.25, 0.3) is 0 Å². The van der Waals surface area contributed by atoms with Gasteiger partial charge in [-0.15, -0.1) is 0 Å². The van der Waals surface area contributed by atoms with E-state index in [1.165, 1.54) is 0 Å². The number of carbonyl (C=O) groups is 1. The minimum Gasteiger partial charge on any atom is -0.494 e. The number of benzene rings is 2. The number of carboxylic acid groups (broad SMARTS) is 1. The highest BCUT2D eigenvalue weighted by molar-refractivity contribution is 9.10. The average Bonchev–Trinajstić information content (AvgIpc) is 2.64. The Balaban J connectivity index is 2.12. The molecule has 0 aliphatic carbocycles. The second-order valence-electron chi connectivity index (χ2n) is 6.52. The molecular weight excluding hydrogens is 394 g/mol. The van der Waals surface area contributed by atoms with Crippen LogP contribution >= 0.6 is 15.9 Å². The van der Waals surface area contributed by atoms with E-state index in [-0.39, 0.29) is 6.04 Å². The molecule has 0 amide bonds. The van der Waals surface area contributed by atoms with Gasteiger partial charge in [0.15, 0.2) is 0 Å². The van der Waals surface area contributed by atoms with Crippen LogP contribution in [0.15, 0.2) is 53.0 Å². The topological polar surface area (TPSA) is 49.8 Å². The van der Waals surface area contributed by atoms with Crippen LogP contribution in [-0.4, -0.2) is 35.2 Å². The van der Waals surface area contributed by atoms with E-state index in [1.807, 2.05) is 43.3 Å². The summed E-state index contributed by atoms with van der Waals surface area (Å²) < 4.78 is 6.85. The first kappa shape index (κ1) is 18.9. The van der Waals surface area contributed by atoms with Gasteiger partial charge in [0.1, 0.15) is 11.8 Å². The van der Waals surface area contributed by atoms with Crippen LogP contribution in [0.1, 0.15) is 43.4 Å². The van der Waals surface area contributed by atoms with E-state index in [4.69, 9.17) is 4.74 Å². The summed E-state index contributed by atoms with van der Waals surface area (Å²) in [7, 11) is 0. The fraction of sp³-hybridized carbons (Fsp3) is 0.381. The molecule has 2 aromatic rings. The lowest BCUT2D eigenvalue weighted by molar-refractivity contribution is -0.145. The number of halogens is 1. The maximum atomic E-state index is 11.9. The second-order valence-corrected chi connectivity index (χ2v) is 7.43. The number of likely N-dealkylation sites (tertiary alicyclic amines) is 1. The number of hydrogen-bond donors (Lipinski definition) is 1. The van der Waals surface area contributed by atoms with Crippen molar-refractivity contribution in [3.05, 3.63) is 64.1 Å². The zero-order valence-electron chi connectivity index (χ0n) is 14.9. The molecule has 138 valence electrons. The summed E-state index contributed by atoms with van der Waals surface area (Å²) in [5.41, 5.74) is 2.08. The van der Waals surface area contributed by atoms with Crippen LogP contribution < -0.4 is 4.74 Å². The normalized spacial score (nSPS) is 19.1. The first-order chi connectivity index (χ1) is 12.6. The molecule has 0 radical (unpaired) electrons. The minimum absolute atomic E-state index is 0.156. The van der Waals surface area contributed by atoms with Crippen molar-refractivity contribution >= 4 is 21.9 Å². The molecule has 5 heteroatoms. The lowest BCUT2D eigenvalue weighted by Gasteiger charge is -2.40. The van der Waals surface area contributed by atoms with Crippen molar-refractivity contribution in [1.82, 2.24) is 4.90 Å². The standard InChI is InChI=1S/C21H24BrNO3/c1-2-26-19-12-4-3-10-17(19)20(15-8-7-9-16(22)14-15)23-13-6-5-11-18(23)21(24)25/h3-4,7-10,12,14,18,20H,2,5-6,11,13H2,1H3,(H,24,25)/t18-,20-/m0/s1. The molecule has 1 N–H and O–H groups in total. The van der Waals surface area contributed by atoms with Gasteiger partial charge in [0.2, 0.25) is 0 Å². The molecular formula is C21H24BrNO3. The van der Waals surface area contributed by atoms with Gasteiger partial charge in [-0.2, -0.15) is 0 Å². The maximum Gasteiger partial charge on any atom is 0.320 e. The first-order valence-corrected chi connectivity index (χ1v) is 9.87. The van der Waals surface area contributed by atoms with Gasteiger partial charge in [-0.3, -0.25) is 9.69 Å². The number of nitrogens with zero attached hydrogens (tertiary/aromatic N) is 1. The predicted octanol–water partition coefficient (Wildman–Crippen LogP) is 4.88. The van der Waals surface area contributed by atoms with Crippen molar-refractivity contribution in [3.8, 4) is 5.75 Å². The lowest BCUT2D eigenvalue weighted by Crippen LogP contribution is -2.46. The fourth-order valence-electron chi connectivity index (χ4n) is 3.75. The van der Waals surface area contributed by atoms with Crippen LogP contribution in [0, 0.1) is 0 Å². The van der Waals surface area contributed by atoms with Crippen molar-refractivity contribution in [2.75, 3.05) is 13.2 Å². The highest BCUT2D eigenvalue weighted by atomic mass is 79.9. The molecule has 4 nitrogen and oxygen atoms in total. The molecule has 0 saturated carbocycles. The molecule has 1 heterocycles. The largest absolute Gasteiger partial charge is 0.494 e. The van der Waals surface area contributed by atoms with Crippen molar-refractivity contribution in [3.63, 3.8) is 0 Å². The lowest BCUT2D eigenvalue weighted by atomic mass is 9.91. The molecule has 1 aliphatic rings. The Kier molecular flexibility index (Phi) is 6.33. The molecule has 0 bridgehead atoms. The van der Waals surface area contributed by atoms with Gasteiger partial charge in [-0.05, 0) is 50.1 Å². The molecule has 0 spiro atoms. The van der Waals surface area contributed by atoms with Crippen molar-refractivity contribution in [2.45, 2.75) is 38.3 Å². The minimum atomic E-state index is -0.751. The van der Waals surface area contributed by atoms with Gasteiger partial charge < -0.3 is 9.84 Å². The third-order valence-electron chi connectivity index (χ3n) is 4.84.